The first kappa shape index (κ1) is 15.2. The first-order valence-electron chi connectivity index (χ1n) is 5.84. The lowest BCUT2D eigenvalue weighted by molar-refractivity contribution is 0.395. The molecule has 1 heterocycles. The Hall–Kier alpha value is -2.22. The van der Waals surface area contributed by atoms with Crippen molar-refractivity contribution in [3.8, 4) is 5.75 Å². The van der Waals surface area contributed by atoms with Gasteiger partial charge < -0.3 is 10.4 Å². The van der Waals surface area contributed by atoms with Crippen molar-refractivity contribution in [3.05, 3.63) is 47.7 Å². The van der Waals surface area contributed by atoms with Gasteiger partial charge in [0, 0.05) is 12.8 Å². The fourth-order valence-electron chi connectivity index (χ4n) is 1.63. The molecule has 0 aliphatic heterocycles. The highest BCUT2D eigenvalue weighted by molar-refractivity contribution is 7.90. The predicted molar refractivity (Wildman–Crippen MR) is 72.7 cm³/mol. The smallest absolute Gasteiger partial charge is 0.192 e. The van der Waals surface area contributed by atoms with Crippen LogP contribution in [-0.4, -0.2) is 24.8 Å². The molecule has 1 aromatic carbocycles. The van der Waals surface area contributed by atoms with Gasteiger partial charge in [-0.3, -0.25) is 0 Å². The number of hydrogen-bond donors (Lipinski definition) is 2. The van der Waals surface area contributed by atoms with Gasteiger partial charge in [-0.05, 0) is 29.8 Å². The molecule has 0 radical (unpaired) electrons. The number of phenols is 1. The molecule has 21 heavy (non-hydrogen) atoms. The monoisotopic (exact) mass is 314 g/mol. The van der Waals surface area contributed by atoms with Crippen molar-refractivity contribution in [3.63, 3.8) is 0 Å². The van der Waals surface area contributed by atoms with E-state index in [1.807, 2.05) is 0 Å². The summed E-state index contributed by atoms with van der Waals surface area (Å²) in [6.45, 7) is 0.0913. The molecule has 0 fully saturated rings. The summed E-state index contributed by atoms with van der Waals surface area (Å²) in [7, 11) is -3.37. The summed E-state index contributed by atoms with van der Waals surface area (Å²) in [6.07, 6.45) is 2.36. The quantitative estimate of drug-likeness (QED) is 0.903. The fourth-order valence-corrected chi connectivity index (χ4v) is 2.19. The van der Waals surface area contributed by atoms with E-state index >= 15 is 0 Å². The molecule has 0 saturated carbocycles. The van der Waals surface area contributed by atoms with E-state index in [0.717, 1.165) is 18.4 Å². The van der Waals surface area contributed by atoms with E-state index in [0.29, 0.717) is 5.69 Å². The van der Waals surface area contributed by atoms with Gasteiger partial charge >= 0.3 is 0 Å². The van der Waals surface area contributed by atoms with Crippen LogP contribution in [-0.2, 0) is 16.4 Å². The summed E-state index contributed by atoms with van der Waals surface area (Å²) in [5.41, 5.74) is 0.784. The Morgan fingerprint density at radius 3 is 2.33 bits per heavy atom. The molecule has 0 unspecified atom stereocenters. The summed E-state index contributed by atoms with van der Waals surface area (Å²) in [5, 5.41) is 11.8. The van der Waals surface area contributed by atoms with Gasteiger partial charge in [0.2, 0.25) is 0 Å². The molecule has 8 heteroatoms. The maximum Gasteiger partial charge on any atom is 0.192 e. The number of hydrogen-bond acceptors (Lipinski definition) is 5. The number of aromatic nitrogens is 1. The van der Waals surface area contributed by atoms with Crippen LogP contribution in [0.4, 0.5) is 14.5 Å². The fraction of sp³-hybridized carbons (Fsp3) is 0.154. The van der Waals surface area contributed by atoms with Crippen molar-refractivity contribution < 1.29 is 22.3 Å². The average Bonchev–Trinajstić information content (AvgIpc) is 2.42. The molecule has 0 spiro atoms. The molecule has 0 aliphatic carbocycles. The molecule has 0 atom stereocenters. The molecule has 2 N–H and O–H groups in total. The van der Waals surface area contributed by atoms with Gasteiger partial charge in [0.25, 0.3) is 0 Å². The van der Waals surface area contributed by atoms with Gasteiger partial charge in [0.1, 0.15) is 0 Å². The minimum atomic E-state index is -3.37. The number of phenolic OH excluding ortho intramolecular Hbond substituents is 1. The second-order valence-electron chi connectivity index (χ2n) is 4.42. The zero-order valence-electron chi connectivity index (χ0n) is 11.0. The molecular formula is C13H12F2N2O3S. The molecule has 0 amide bonds. The number of anilines is 1. The molecule has 1 aromatic heterocycles. The summed E-state index contributed by atoms with van der Waals surface area (Å²) in [5.74, 6) is -3.10. The van der Waals surface area contributed by atoms with E-state index in [4.69, 9.17) is 5.11 Å². The van der Waals surface area contributed by atoms with Crippen LogP contribution in [0.3, 0.4) is 0 Å². The molecule has 112 valence electrons. The van der Waals surface area contributed by atoms with Crippen LogP contribution in [0.1, 0.15) is 5.56 Å². The van der Waals surface area contributed by atoms with Gasteiger partial charge in [0.15, 0.2) is 32.2 Å². The van der Waals surface area contributed by atoms with Crippen molar-refractivity contribution in [1.82, 2.24) is 4.98 Å². The van der Waals surface area contributed by atoms with Crippen LogP contribution in [0.25, 0.3) is 0 Å². The number of benzene rings is 1. The van der Waals surface area contributed by atoms with E-state index < -0.39 is 27.2 Å². The molecule has 5 nitrogen and oxygen atoms in total. The zero-order chi connectivity index (χ0) is 15.6. The summed E-state index contributed by atoms with van der Waals surface area (Å²) < 4.78 is 48.8. The molecule has 0 aliphatic rings. The summed E-state index contributed by atoms with van der Waals surface area (Å²) >= 11 is 0. The number of rotatable bonds is 4. The highest BCUT2D eigenvalue weighted by Crippen LogP contribution is 2.22. The number of halogens is 2. The Morgan fingerprint density at radius 2 is 1.86 bits per heavy atom. The number of sulfone groups is 1. The number of pyridine rings is 1. The summed E-state index contributed by atoms with van der Waals surface area (Å²) in [6, 6.07) is 4.83. The number of aromatic hydroxyl groups is 1. The first-order valence-corrected chi connectivity index (χ1v) is 7.73. The standard InChI is InChI=1S/C13H12F2N2O3S/c1-21(19,20)12-3-2-9(7-17-12)16-6-8-4-10(14)13(18)11(15)5-8/h2-5,7,16,18H,6H2,1H3. The predicted octanol–water partition coefficient (Wildman–Crippen LogP) is 2.08. The van der Waals surface area contributed by atoms with Crippen molar-refractivity contribution in [2.45, 2.75) is 11.6 Å². The Morgan fingerprint density at radius 1 is 1.24 bits per heavy atom. The SMILES string of the molecule is CS(=O)(=O)c1ccc(NCc2cc(F)c(O)c(F)c2)cn1. The third-order valence-corrected chi connectivity index (χ3v) is 3.69. The minimum absolute atomic E-state index is 0.0604. The second-order valence-corrected chi connectivity index (χ2v) is 6.38. The normalized spacial score (nSPS) is 11.4. The third-order valence-electron chi connectivity index (χ3n) is 2.69. The van der Waals surface area contributed by atoms with Crippen LogP contribution in [0.5, 0.6) is 5.75 Å². The number of nitrogens with one attached hydrogen (secondary N) is 1. The maximum atomic E-state index is 13.2. The van der Waals surface area contributed by atoms with Gasteiger partial charge in [0.05, 0.1) is 11.9 Å². The van der Waals surface area contributed by atoms with Crippen molar-refractivity contribution in [2.75, 3.05) is 11.6 Å². The van der Waals surface area contributed by atoms with Gasteiger partial charge in [-0.15, -0.1) is 0 Å². The minimum Gasteiger partial charge on any atom is -0.503 e. The van der Waals surface area contributed by atoms with Gasteiger partial charge in [-0.2, -0.15) is 0 Å². The van der Waals surface area contributed by atoms with Crippen molar-refractivity contribution >= 4 is 15.5 Å². The van der Waals surface area contributed by atoms with Crippen molar-refractivity contribution in [1.29, 1.82) is 0 Å². The Bertz CT molecular complexity index is 738. The molecule has 2 aromatic rings. The third kappa shape index (κ3) is 3.66. The van der Waals surface area contributed by atoms with Crippen molar-refractivity contribution in [2.24, 2.45) is 0 Å². The van der Waals surface area contributed by atoms with E-state index in [1.165, 1.54) is 18.3 Å². The second kappa shape index (κ2) is 5.65. The Labute approximate surface area is 120 Å². The van der Waals surface area contributed by atoms with Gasteiger partial charge in [-0.1, -0.05) is 0 Å². The van der Waals surface area contributed by atoms with E-state index in [2.05, 4.69) is 10.3 Å². The molecule has 0 bridgehead atoms. The average molecular weight is 314 g/mol. The Balaban J connectivity index is 2.10. The lowest BCUT2D eigenvalue weighted by Crippen LogP contribution is -2.04. The lowest BCUT2D eigenvalue weighted by atomic mass is 10.2. The van der Waals surface area contributed by atoms with Gasteiger partial charge in [-0.25, -0.2) is 22.2 Å². The van der Waals surface area contributed by atoms with E-state index in [1.54, 1.807) is 0 Å². The number of nitrogens with zero attached hydrogens (tertiary/aromatic N) is 1. The zero-order valence-corrected chi connectivity index (χ0v) is 11.8. The van der Waals surface area contributed by atoms with Crippen LogP contribution < -0.4 is 5.32 Å². The topological polar surface area (TPSA) is 79.3 Å². The van der Waals surface area contributed by atoms with Crippen LogP contribution in [0.15, 0.2) is 35.5 Å². The maximum absolute atomic E-state index is 13.2. The van der Waals surface area contributed by atoms with Crippen LogP contribution in [0.2, 0.25) is 0 Å². The highest BCUT2D eigenvalue weighted by atomic mass is 32.2. The first-order chi connectivity index (χ1) is 9.77. The Kier molecular flexibility index (Phi) is 4.08. The van der Waals surface area contributed by atoms with E-state index in [-0.39, 0.29) is 17.1 Å². The largest absolute Gasteiger partial charge is 0.503 e. The molecular weight excluding hydrogens is 302 g/mol. The molecule has 0 saturated heterocycles. The van der Waals surface area contributed by atoms with E-state index in [9.17, 15) is 17.2 Å². The van der Waals surface area contributed by atoms with Crippen LogP contribution in [0, 0.1) is 11.6 Å². The highest BCUT2D eigenvalue weighted by Gasteiger charge is 2.10. The van der Waals surface area contributed by atoms with Crippen LogP contribution >= 0.6 is 0 Å². The summed E-state index contributed by atoms with van der Waals surface area (Å²) in [4.78, 5) is 3.77. The lowest BCUT2D eigenvalue weighted by Gasteiger charge is -2.08. The molecule has 2 rings (SSSR count).